The lowest BCUT2D eigenvalue weighted by molar-refractivity contribution is -0.665. The van der Waals surface area contributed by atoms with Crippen molar-refractivity contribution in [3.63, 3.8) is 0 Å². The number of aromatic nitrogens is 2. The largest absolute Gasteiger partial charge is 0.286 e. The first-order valence-electron chi connectivity index (χ1n) is 8.71. The zero-order valence-corrected chi connectivity index (χ0v) is 15.9. The molecule has 0 amide bonds. The van der Waals surface area contributed by atoms with E-state index in [-0.39, 0.29) is 0 Å². The Morgan fingerprint density at radius 1 is 1.12 bits per heavy atom. The zero-order valence-electron chi connectivity index (χ0n) is 15.1. The topological polar surface area (TPSA) is 16.8 Å². The van der Waals surface area contributed by atoms with Crippen LogP contribution in [0.4, 0.5) is 0 Å². The Labute approximate surface area is 158 Å². The van der Waals surface area contributed by atoms with Crippen LogP contribution < -0.4 is 4.57 Å². The number of nitrogens with zero attached hydrogens (tertiary/aromatic N) is 2. The van der Waals surface area contributed by atoms with Gasteiger partial charge >= 0.3 is 0 Å². The Bertz CT molecular complexity index is 1080. The van der Waals surface area contributed by atoms with Crippen LogP contribution in [0.2, 0.25) is 0 Å². The molecule has 4 rings (SSSR count). The molecule has 0 fully saturated rings. The van der Waals surface area contributed by atoms with Crippen molar-refractivity contribution >= 4 is 22.5 Å². The number of fused-ring (bicyclic) bond motifs is 2. The van der Waals surface area contributed by atoms with Gasteiger partial charge in [0.05, 0.1) is 7.05 Å². The van der Waals surface area contributed by atoms with Crippen LogP contribution in [0.25, 0.3) is 22.0 Å². The second-order valence-corrected chi connectivity index (χ2v) is 7.64. The van der Waals surface area contributed by atoms with Crippen molar-refractivity contribution in [1.82, 2.24) is 4.98 Å². The van der Waals surface area contributed by atoms with Crippen molar-refractivity contribution in [2.45, 2.75) is 18.2 Å². The molecular formula is C23H21N2S+. The van der Waals surface area contributed by atoms with E-state index in [1.807, 2.05) is 12.4 Å². The minimum absolute atomic E-state index is 0.820. The maximum absolute atomic E-state index is 4.70. The molecule has 2 heterocycles. The Balaban J connectivity index is 1.99. The third kappa shape index (κ3) is 2.99. The Kier molecular flexibility index (Phi) is 4.48. The van der Waals surface area contributed by atoms with Crippen molar-refractivity contribution in [3.8, 4) is 11.3 Å². The first-order chi connectivity index (χ1) is 12.6. The lowest BCUT2D eigenvalue weighted by Gasteiger charge is -2.14. The summed E-state index contributed by atoms with van der Waals surface area (Å²) in [6.45, 7) is 6.41. The van der Waals surface area contributed by atoms with Crippen molar-refractivity contribution in [2.75, 3.05) is 0 Å². The monoisotopic (exact) mass is 357 g/mol. The summed E-state index contributed by atoms with van der Waals surface area (Å²) in [6, 6.07) is 13.0. The number of hydrogen-bond acceptors (Lipinski definition) is 2. The van der Waals surface area contributed by atoms with Gasteiger partial charge in [0.1, 0.15) is 4.90 Å². The molecule has 128 valence electrons. The predicted molar refractivity (Wildman–Crippen MR) is 110 cm³/mol. The van der Waals surface area contributed by atoms with Crippen LogP contribution in [-0.2, 0) is 13.5 Å². The molecule has 1 aliphatic heterocycles. The van der Waals surface area contributed by atoms with Gasteiger partial charge in [0.2, 0.25) is 0 Å². The van der Waals surface area contributed by atoms with Gasteiger partial charge in [0, 0.05) is 16.9 Å². The fraction of sp³-hybridized carbons (Fsp3) is 0.130. The van der Waals surface area contributed by atoms with E-state index in [9.17, 15) is 0 Å². The molecule has 1 aromatic heterocycles. The summed E-state index contributed by atoms with van der Waals surface area (Å²) >= 11 is 1.70. The average molecular weight is 358 g/mol. The molecule has 0 spiro atoms. The predicted octanol–water partition coefficient (Wildman–Crippen LogP) is 5.31. The smallest absolute Gasteiger partial charge is 0.231 e. The maximum Gasteiger partial charge on any atom is 0.286 e. The molecule has 3 heteroatoms. The second-order valence-electron chi connectivity index (χ2n) is 6.50. The fourth-order valence-electron chi connectivity index (χ4n) is 3.40. The van der Waals surface area contributed by atoms with Gasteiger partial charge in [0.25, 0.3) is 6.33 Å². The first kappa shape index (κ1) is 16.8. The molecule has 2 aromatic carbocycles. The van der Waals surface area contributed by atoms with Crippen LogP contribution >= 0.6 is 11.8 Å². The minimum Gasteiger partial charge on any atom is -0.231 e. The van der Waals surface area contributed by atoms with Gasteiger partial charge in [0.15, 0.2) is 11.4 Å². The summed E-state index contributed by atoms with van der Waals surface area (Å²) < 4.78 is 2.13. The van der Waals surface area contributed by atoms with Crippen LogP contribution in [0.15, 0.2) is 83.4 Å². The Morgan fingerprint density at radius 2 is 1.96 bits per heavy atom. The summed E-state index contributed by atoms with van der Waals surface area (Å²) in [5, 5.41) is 2.57. The molecule has 0 radical (unpaired) electrons. The molecule has 0 unspecified atom stereocenters. The molecule has 0 saturated carbocycles. The summed E-state index contributed by atoms with van der Waals surface area (Å²) in [4.78, 5) is 6.91. The van der Waals surface area contributed by atoms with Crippen molar-refractivity contribution < 1.29 is 4.57 Å². The molecule has 0 aliphatic carbocycles. The standard InChI is InChI=1S/C23H21N2S/c1-16-9-5-4-6-12-21-23(26-16)22(25(3)15-24-21)20-14-13-18-10-7-8-11-19(18)17(20)2/h4-11,13-15H,1,12H2,2-3H3/q+1/b6-4-,9-5-. The summed E-state index contributed by atoms with van der Waals surface area (Å²) in [5.74, 6) is 0. The van der Waals surface area contributed by atoms with Crippen LogP contribution in [-0.4, -0.2) is 4.98 Å². The van der Waals surface area contributed by atoms with E-state index in [2.05, 4.69) is 79.7 Å². The van der Waals surface area contributed by atoms with E-state index in [0.717, 1.165) is 17.0 Å². The highest BCUT2D eigenvalue weighted by atomic mass is 32.2. The number of rotatable bonds is 1. The lowest BCUT2D eigenvalue weighted by Crippen LogP contribution is -2.33. The van der Waals surface area contributed by atoms with Gasteiger partial charge in [-0.25, -0.2) is 4.57 Å². The number of hydrogen-bond donors (Lipinski definition) is 0. The van der Waals surface area contributed by atoms with E-state index in [1.165, 1.54) is 32.5 Å². The summed E-state index contributed by atoms with van der Waals surface area (Å²) in [7, 11) is 2.07. The molecule has 0 N–H and O–H groups in total. The number of benzene rings is 2. The Hall–Kier alpha value is -2.65. The number of aryl methyl sites for hydroxylation is 2. The van der Waals surface area contributed by atoms with Crippen molar-refractivity contribution in [2.24, 2.45) is 7.05 Å². The molecule has 0 saturated heterocycles. The molecule has 2 nitrogen and oxygen atoms in total. The zero-order chi connectivity index (χ0) is 18.1. The van der Waals surface area contributed by atoms with Crippen LogP contribution in [0.1, 0.15) is 11.3 Å². The van der Waals surface area contributed by atoms with Gasteiger partial charge in [-0.3, -0.25) is 0 Å². The second kappa shape index (κ2) is 6.93. The third-order valence-electron chi connectivity index (χ3n) is 4.74. The lowest BCUT2D eigenvalue weighted by atomic mass is 9.97. The highest BCUT2D eigenvalue weighted by molar-refractivity contribution is 8.03. The minimum atomic E-state index is 0.820. The van der Waals surface area contributed by atoms with Crippen molar-refractivity contribution in [3.05, 3.63) is 89.8 Å². The van der Waals surface area contributed by atoms with Gasteiger partial charge < -0.3 is 0 Å². The Morgan fingerprint density at radius 3 is 2.85 bits per heavy atom. The highest BCUT2D eigenvalue weighted by Crippen LogP contribution is 2.38. The van der Waals surface area contributed by atoms with Gasteiger partial charge in [-0.05, 0) is 35.4 Å². The maximum atomic E-state index is 4.70. The molecule has 0 atom stereocenters. The molecular weight excluding hydrogens is 336 g/mol. The van der Waals surface area contributed by atoms with Crippen molar-refractivity contribution in [1.29, 1.82) is 0 Å². The number of thioether (sulfide) groups is 1. The van der Waals surface area contributed by atoms with E-state index in [4.69, 9.17) is 4.98 Å². The SMILES string of the molecule is C=C1/C=C\C=C/Cc2nc[n+](C)c(-c3ccc4ccccc4c3C)c2S1. The molecule has 1 aliphatic rings. The van der Waals surface area contributed by atoms with E-state index < -0.39 is 0 Å². The highest BCUT2D eigenvalue weighted by Gasteiger charge is 2.23. The van der Waals surface area contributed by atoms with Gasteiger partial charge in [-0.1, -0.05) is 71.9 Å². The normalized spacial score (nSPS) is 16.5. The third-order valence-corrected chi connectivity index (χ3v) is 5.78. The number of allylic oxidation sites excluding steroid dienone is 4. The molecule has 3 aromatic rings. The average Bonchev–Trinajstić information content (AvgIpc) is 2.73. The van der Waals surface area contributed by atoms with Crippen LogP contribution in [0.3, 0.4) is 0 Å². The fourth-order valence-corrected chi connectivity index (χ4v) is 4.42. The quantitative estimate of drug-likeness (QED) is 0.549. The van der Waals surface area contributed by atoms with Gasteiger partial charge in [-0.15, -0.1) is 0 Å². The van der Waals surface area contributed by atoms with E-state index in [0.29, 0.717) is 0 Å². The van der Waals surface area contributed by atoms with E-state index >= 15 is 0 Å². The summed E-state index contributed by atoms with van der Waals surface area (Å²) in [6.07, 6.45) is 11.1. The molecule has 0 bridgehead atoms. The molecule has 26 heavy (non-hydrogen) atoms. The first-order valence-corrected chi connectivity index (χ1v) is 9.53. The van der Waals surface area contributed by atoms with Crippen LogP contribution in [0.5, 0.6) is 0 Å². The van der Waals surface area contributed by atoms with E-state index in [1.54, 1.807) is 11.8 Å². The van der Waals surface area contributed by atoms with Crippen LogP contribution in [0, 0.1) is 6.92 Å². The van der Waals surface area contributed by atoms with Gasteiger partial charge in [-0.2, -0.15) is 0 Å². The summed E-state index contributed by atoms with van der Waals surface area (Å²) in [5.41, 5.74) is 4.84.